The highest BCUT2D eigenvalue weighted by molar-refractivity contribution is 8.01. The fourth-order valence-corrected chi connectivity index (χ4v) is 4.80. The number of aromatic nitrogens is 1. The van der Waals surface area contributed by atoms with Gasteiger partial charge in [-0.3, -0.25) is 10.1 Å². The number of rotatable bonds is 6. The molecular weight excluding hydrogens is 366 g/mol. The van der Waals surface area contributed by atoms with Crippen molar-refractivity contribution >= 4 is 44.0 Å². The fourth-order valence-electron chi connectivity index (χ4n) is 1.91. The van der Waals surface area contributed by atoms with Crippen LogP contribution in [0.1, 0.15) is 23.0 Å². The molecule has 0 bridgehead atoms. The van der Waals surface area contributed by atoms with Crippen LogP contribution in [0, 0.1) is 18.3 Å². The molecule has 1 N–H and O–H groups in total. The summed E-state index contributed by atoms with van der Waals surface area (Å²) in [6.45, 7) is 3.33. The second kappa shape index (κ2) is 7.79. The number of aryl methyl sites for hydroxylation is 1. The molecule has 0 saturated carbocycles. The van der Waals surface area contributed by atoms with Crippen LogP contribution in [0.15, 0.2) is 33.4 Å². The third kappa shape index (κ3) is 4.14. The number of benzene rings is 1. The van der Waals surface area contributed by atoms with Gasteiger partial charge in [0.15, 0.2) is 15.0 Å². The number of hydrogen-bond acceptors (Lipinski definition) is 7. The summed E-state index contributed by atoms with van der Waals surface area (Å²) < 4.78 is 25.1. The first-order valence-corrected chi connectivity index (χ1v) is 10.4. The van der Waals surface area contributed by atoms with Crippen molar-refractivity contribution in [3.8, 4) is 6.07 Å². The van der Waals surface area contributed by atoms with Crippen molar-refractivity contribution in [3.05, 3.63) is 35.5 Å². The van der Waals surface area contributed by atoms with E-state index in [1.165, 1.54) is 42.2 Å². The molecular formula is C15H15N3O3S3. The summed E-state index contributed by atoms with van der Waals surface area (Å²) in [6.07, 6.45) is 0. The van der Waals surface area contributed by atoms with E-state index in [-0.39, 0.29) is 16.2 Å². The van der Waals surface area contributed by atoms with Crippen molar-refractivity contribution in [1.82, 2.24) is 4.98 Å². The van der Waals surface area contributed by atoms with Crippen molar-refractivity contribution in [2.45, 2.75) is 23.0 Å². The van der Waals surface area contributed by atoms with Gasteiger partial charge < -0.3 is 0 Å². The average molecular weight is 382 g/mol. The van der Waals surface area contributed by atoms with Crippen molar-refractivity contribution in [2.24, 2.45) is 0 Å². The lowest BCUT2D eigenvalue weighted by atomic mass is 10.2. The summed E-state index contributed by atoms with van der Waals surface area (Å²) in [5.74, 6) is -0.301. The van der Waals surface area contributed by atoms with Gasteiger partial charge in [-0.05, 0) is 19.1 Å². The number of carbonyl (C=O) groups excluding carboxylic acids is 1. The Morgan fingerprint density at radius 3 is 2.79 bits per heavy atom. The molecule has 1 aromatic carbocycles. The zero-order chi connectivity index (χ0) is 17.7. The summed E-state index contributed by atoms with van der Waals surface area (Å²) in [6, 6.07) is 8.14. The monoisotopic (exact) mass is 381 g/mol. The van der Waals surface area contributed by atoms with Crippen LogP contribution in [0.5, 0.6) is 0 Å². The average Bonchev–Trinajstić information content (AvgIpc) is 2.92. The molecule has 0 atom stereocenters. The van der Waals surface area contributed by atoms with E-state index < -0.39 is 15.7 Å². The molecule has 6 nitrogen and oxygen atoms in total. The van der Waals surface area contributed by atoms with Crippen molar-refractivity contribution in [1.29, 1.82) is 5.26 Å². The third-order valence-corrected chi connectivity index (χ3v) is 7.18. The number of thioether (sulfide) groups is 1. The molecule has 24 heavy (non-hydrogen) atoms. The highest BCUT2D eigenvalue weighted by Gasteiger charge is 2.21. The second-order valence-corrected chi connectivity index (χ2v) is 9.18. The molecule has 1 aromatic heterocycles. The van der Waals surface area contributed by atoms with Crippen LogP contribution in [0.4, 0.5) is 5.13 Å². The predicted octanol–water partition coefficient (Wildman–Crippen LogP) is 3.11. The van der Waals surface area contributed by atoms with Crippen LogP contribution < -0.4 is 5.32 Å². The minimum absolute atomic E-state index is 0.0114. The number of amides is 1. The van der Waals surface area contributed by atoms with Gasteiger partial charge in [0.05, 0.1) is 37.9 Å². The van der Waals surface area contributed by atoms with Gasteiger partial charge in [-0.25, -0.2) is 13.4 Å². The lowest BCUT2D eigenvalue weighted by Crippen LogP contribution is -2.17. The first-order chi connectivity index (χ1) is 11.4. The Balaban J connectivity index is 2.27. The van der Waals surface area contributed by atoms with Gasteiger partial charge in [0.25, 0.3) is 5.91 Å². The van der Waals surface area contributed by atoms with E-state index in [9.17, 15) is 13.2 Å². The van der Waals surface area contributed by atoms with E-state index in [0.717, 1.165) is 9.90 Å². The fraction of sp³-hybridized carbons (Fsp3) is 0.267. The Bertz CT molecular complexity index is 898. The van der Waals surface area contributed by atoms with E-state index in [2.05, 4.69) is 10.3 Å². The first-order valence-electron chi connectivity index (χ1n) is 6.99. The zero-order valence-corrected chi connectivity index (χ0v) is 15.5. The Hall–Kier alpha value is -1.89. The lowest BCUT2D eigenvalue weighted by molar-refractivity contribution is 0.102. The molecule has 0 fully saturated rings. The molecule has 0 saturated heterocycles. The molecule has 0 unspecified atom stereocenters. The van der Waals surface area contributed by atoms with E-state index in [1.807, 2.05) is 6.07 Å². The Morgan fingerprint density at radius 2 is 2.12 bits per heavy atom. The summed E-state index contributed by atoms with van der Waals surface area (Å²) >= 11 is 2.61. The molecule has 9 heteroatoms. The van der Waals surface area contributed by atoms with E-state index in [1.54, 1.807) is 19.1 Å². The molecule has 0 aliphatic rings. The van der Waals surface area contributed by atoms with Crippen LogP contribution in [-0.2, 0) is 9.84 Å². The number of carbonyl (C=O) groups is 1. The molecule has 2 rings (SSSR count). The van der Waals surface area contributed by atoms with E-state index in [0.29, 0.717) is 10.9 Å². The highest BCUT2D eigenvalue weighted by Crippen LogP contribution is 2.32. The first kappa shape index (κ1) is 18.4. The zero-order valence-electron chi connectivity index (χ0n) is 13.1. The third-order valence-electron chi connectivity index (χ3n) is 3.09. The van der Waals surface area contributed by atoms with Crippen LogP contribution in [0.25, 0.3) is 0 Å². The highest BCUT2D eigenvalue weighted by atomic mass is 32.2. The smallest absolute Gasteiger partial charge is 0.258 e. The Labute approximate surface area is 148 Å². The SMILES string of the molecule is CCS(=O)(=O)c1ccccc1C(=O)Nc1nc(C)c(SCC#N)s1. The van der Waals surface area contributed by atoms with Crippen LogP contribution >= 0.6 is 23.1 Å². The van der Waals surface area contributed by atoms with Crippen LogP contribution in [-0.4, -0.2) is 30.8 Å². The topological polar surface area (TPSA) is 99.9 Å². The van der Waals surface area contributed by atoms with Gasteiger partial charge in [-0.1, -0.05) is 42.2 Å². The minimum atomic E-state index is -3.50. The summed E-state index contributed by atoms with van der Waals surface area (Å²) in [5, 5.41) is 11.7. The van der Waals surface area contributed by atoms with Gasteiger partial charge >= 0.3 is 0 Å². The van der Waals surface area contributed by atoms with E-state index in [4.69, 9.17) is 5.26 Å². The largest absolute Gasteiger partial charge is 0.298 e. The minimum Gasteiger partial charge on any atom is -0.298 e. The number of nitrogens with one attached hydrogen (secondary N) is 1. The molecule has 1 heterocycles. The predicted molar refractivity (Wildman–Crippen MR) is 95.3 cm³/mol. The molecule has 126 valence electrons. The van der Waals surface area contributed by atoms with Gasteiger partial charge in [-0.2, -0.15) is 5.26 Å². The molecule has 0 radical (unpaired) electrons. The van der Waals surface area contributed by atoms with Crippen LogP contribution in [0.3, 0.4) is 0 Å². The number of hydrogen-bond donors (Lipinski definition) is 1. The number of nitrogens with zero attached hydrogens (tertiary/aromatic N) is 2. The quantitative estimate of drug-likeness (QED) is 0.772. The summed E-state index contributed by atoms with van der Waals surface area (Å²) in [5.41, 5.74) is 0.823. The Kier molecular flexibility index (Phi) is 5.99. The number of nitriles is 1. The molecule has 0 aliphatic carbocycles. The lowest BCUT2D eigenvalue weighted by Gasteiger charge is -2.08. The molecule has 0 spiro atoms. The molecule has 1 amide bonds. The van der Waals surface area contributed by atoms with E-state index >= 15 is 0 Å². The normalized spacial score (nSPS) is 11.0. The van der Waals surface area contributed by atoms with Gasteiger partial charge in [0, 0.05) is 0 Å². The standard InChI is InChI=1S/C15H15N3O3S3/c1-3-24(20,21)12-7-5-4-6-11(12)13(19)18-15-17-10(2)14(23-15)22-9-8-16/h4-7H,3,9H2,1-2H3,(H,17,18,19). The summed E-state index contributed by atoms with van der Waals surface area (Å²) in [7, 11) is -3.50. The van der Waals surface area contributed by atoms with Crippen molar-refractivity contribution < 1.29 is 13.2 Å². The molecule has 0 aliphatic heterocycles. The maximum absolute atomic E-state index is 12.5. The van der Waals surface area contributed by atoms with Crippen molar-refractivity contribution in [2.75, 3.05) is 16.8 Å². The second-order valence-electron chi connectivity index (χ2n) is 4.69. The number of anilines is 1. The van der Waals surface area contributed by atoms with Gasteiger partial charge in [-0.15, -0.1) is 0 Å². The summed E-state index contributed by atoms with van der Waals surface area (Å²) in [4.78, 5) is 16.7. The van der Waals surface area contributed by atoms with Crippen molar-refractivity contribution in [3.63, 3.8) is 0 Å². The van der Waals surface area contributed by atoms with Gasteiger partial charge in [0.1, 0.15) is 0 Å². The number of thiazole rings is 1. The maximum Gasteiger partial charge on any atom is 0.258 e. The number of sulfone groups is 1. The van der Waals surface area contributed by atoms with Gasteiger partial charge in [0.2, 0.25) is 0 Å². The molecule has 2 aromatic rings. The Morgan fingerprint density at radius 1 is 1.42 bits per heavy atom. The maximum atomic E-state index is 12.5. The van der Waals surface area contributed by atoms with Crippen LogP contribution in [0.2, 0.25) is 0 Å².